The summed E-state index contributed by atoms with van der Waals surface area (Å²) in [5, 5.41) is 3.40. The van der Waals surface area contributed by atoms with Gasteiger partial charge in [-0.05, 0) is 0 Å². The number of rotatable bonds is 10. The molecule has 1 heterocycles. The van der Waals surface area contributed by atoms with E-state index in [1.54, 1.807) is 14.2 Å². The van der Waals surface area contributed by atoms with Gasteiger partial charge in [0.05, 0.1) is 26.9 Å². The Bertz CT molecular complexity index is 918. The minimum Gasteiger partial charge on any atom is -0.496 e. The minimum atomic E-state index is -0.886. The highest BCUT2D eigenvalue weighted by Crippen LogP contribution is 2.40. The number of hydrogen-bond acceptors (Lipinski definition) is 6. The van der Waals surface area contributed by atoms with Crippen molar-refractivity contribution in [2.75, 3.05) is 40.5 Å². The first-order valence-electron chi connectivity index (χ1n) is 10.7. The van der Waals surface area contributed by atoms with Gasteiger partial charge in [0.2, 0.25) is 5.79 Å². The highest BCUT2D eigenvalue weighted by molar-refractivity contribution is 5.42. The predicted molar refractivity (Wildman–Crippen MR) is 122 cm³/mol. The maximum absolute atomic E-state index is 6.49. The number of benzene rings is 3. The molecule has 0 aromatic heterocycles. The van der Waals surface area contributed by atoms with E-state index in [4.69, 9.17) is 23.7 Å². The lowest BCUT2D eigenvalue weighted by Gasteiger charge is -2.29. The first-order valence-corrected chi connectivity index (χ1v) is 10.7. The second-order valence-corrected chi connectivity index (χ2v) is 7.50. The van der Waals surface area contributed by atoms with Gasteiger partial charge in [0.15, 0.2) is 0 Å². The van der Waals surface area contributed by atoms with E-state index in [0.717, 1.165) is 11.1 Å². The smallest absolute Gasteiger partial charge is 0.222 e. The Kier molecular flexibility index (Phi) is 7.27. The summed E-state index contributed by atoms with van der Waals surface area (Å²) >= 11 is 0. The van der Waals surface area contributed by atoms with Crippen LogP contribution >= 0.6 is 0 Å². The molecule has 1 fully saturated rings. The lowest BCUT2D eigenvalue weighted by atomic mass is 9.97. The monoisotopic (exact) mass is 435 g/mol. The average molecular weight is 436 g/mol. The summed E-state index contributed by atoms with van der Waals surface area (Å²) < 4.78 is 29.2. The van der Waals surface area contributed by atoms with Crippen LogP contribution < -0.4 is 19.5 Å². The van der Waals surface area contributed by atoms with Gasteiger partial charge in [-0.15, -0.1) is 0 Å². The highest BCUT2D eigenvalue weighted by atomic mass is 16.7. The molecule has 168 valence electrons. The SMILES string of the molecule is COc1cc(OC)cc(OCCNCC2COC(c3ccccc3)(c3ccccc3)O2)c1. The van der Waals surface area contributed by atoms with Crippen molar-refractivity contribution in [3.8, 4) is 17.2 Å². The van der Waals surface area contributed by atoms with Crippen molar-refractivity contribution in [3.05, 3.63) is 90.0 Å². The molecule has 0 saturated carbocycles. The van der Waals surface area contributed by atoms with Gasteiger partial charge < -0.3 is 29.0 Å². The van der Waals surface area contributed by atoms with E-state index in [0.29, 0.717) is 43.6 Å². The molecule has 6 nitrogen and oxygen atoms in total. The third kappa shape index (κ3) is 5.05. The van der Waals surface area contributed by atoms with Crippen LogP contribution in [0.2, 0.25) is 0 Å². The topological polar surface area (TPSA) is 58.2 Å². The van der Waals surface area contributed by atoms with Crippen LogP contribution in [0.5, 0.6) is 17.2 Å². The van der Waals surface area contributed by atoms with E-state index in [1.807, 2.05) is 78.9 Å². The van der Waals surface area contributed by atoms with Crippen LogP contribution in [0.25, 0.3) is 0 Å². The van der Waals surface area contributed by atoms with Crippen molar-refractivity contribution in [2.24, 2.45) is 0 Å². The van der Waals surface area contributed by atoms with Crippen LogP contribution in [0.3, 0.4) is 0 Å². The summed E-state index contributed by atoms with van der Waals surface area (Å²) in [5.74, 6) is 1.21. The second kappa shape index (κ2) is 10.5. The highest BCUT2D eigenvalue weighted by Gasteiger charge is 2.44. The van der Waals surface area contributed by atoms with E-state index in [1.165, 1.54) is 0 Å². The van der Waals surface area contributed by atoms with Gasteiger partial charge in [0, 0.05) is 42.4 Å². The Hall–Kier alpha value is -3.06. The fourth-order valence-corrected chi connectivity index (χ4v) is 3.77. The molecule has 4 rings (SSSR count). The molecule has 6 heteroatoms. The van der Waals surface area contributed by atoms with Crippen molar-refractivity contribution in [2.45, 2.75) is 11.9 Å². The molecule has 3 aromatic rings. The van der Waals surface area contributed by atoms with Crippen LogP contribution in [0.4, 0.5) is 0 Å². The number of hydrogen-bond donors (Lipinski definition) is 1. The maximum Gasteiger partial charge on any atom is 0.222 e. The molecule has 0 radical (unpaired) electrons. The van der Waals surface area contributed by atoms with Gasteiger partial charge in [-0.3, -0.25) is 0 Å². The molecular formula is C26H29NO5. The van der Waals surface area contributed by atoms with Crippen LogP contribution in [0.1, 0.15) is 11.1 Å². The third-order valence-corrected chi connectivity index (χ3v) is 5.36. The molecule has 1 atom stereocenters. The Morgan fingerprint density at radius 3 is 1.97 bits per heavy atom. The Balaban J connectivity index is 1.32. The molecule has 1 unspecified atom stereocenters. The average Bonchev–Trinajstić information content (AvgIpc) is 3.30. The minimum absolute atomic E-state index is 0.0766. The fourth-order valence-electron chi connectivity index (χ4n) is 3.77. The first kappa shape index (κ1) is 22.1. The van der Waals surface area contributed by atoms with Crippen molar-refractivity contribution in [3.63, 3.8) is 0 Å². The zero-order valence-electron chi connectivity index (χ0n) is 18.5. The van der Waals surface area contributed by atoms with Gasteiger partial charge in [0.25, 0.3) is 0 Å². The molecule has 1 aliphatic rings. The number of nitrogens with one attached hydrogen (secondary N) is 1. The Labute approximate surface area is 189 Å². The van der Waals surface area contributed by atoms with Gasteiger partial charge in [-0.1, -0.05) is 60.7 Å². The van der Waals surface area contributed by atoms with Crippen LogP contribution in [0.15, 0.2) is 78.9 Å². The van der Waals surface area contributed by atoms with Crippen LogP contribution in [0, 0.1) is 0 Å². The van der Waals surface area contributed by atoms with Gasteiger partial charge in [-0.25, -0.2) is 0 Å². The van der Waals surface area contributed by atoms with E-state index < -0.39 is 5.79 Å². The molecule has 1 saturated heterocycles. The lowest BCUT2D eigenvalue weighted by molar-refractivity contribution is -0.142. The molecule has 0 spiro atoms. The molecule has 32 heavy (non-hydrogen) atoms. The van der Waals surface area contributed by atoms with E-state index in [2.05, 4.69) is 5.32 Å². The number of ether oxygens (including phenoxy) is 5. The zero-order chi connectivity index (χ0) is 22.2. The van der Waals surface area contributed by atoms with Crippen LogP contribution in [-0.2, 0) is 15.3 Å². The van der Waals surface area contributed by atoms with Crippen molar-refractivity contribution < 1.29 is 23.7 Å². The summed E-state index contributed by atoms with van der Waals surface area (Å²) in [4.78, 5) is 0. The lowest BCUT2D eigenvalue weighted by Crippen LogP contribution is -2.34. The predicted octanol–water partition coefficient (Wildman–Crippen LogP) is 3.99. The molecular weight excluding hydrogens is 406 g/mol. The summed E-state index contributed by atoms with van der Waals surface area (Å²) in [6.45, 7) is 2.34. The summed E-state index contributed by atoms with van der Waals surface area (Å²) in [5.41, 5.74) is 1.98. The quantitative estimate of drug-likeness (QED) is 0.486. The van der Waals surface area contributed by atoms with Crippen molar-refractivity contribution in [1.29, 1.82) is 0 Å². The van der Waals surface area contributed by atoms with Gasteiger partial charge >= 0.3 is 0 Å². The summed E-state index contributed by atoms with van der Waals surface area (Å²) in [6.07, 6.45) is -0.0766. The first-order chi connectivity index (χ1) is 15.7. The fraction of sp³-hybridized carbons (Fsp3) is 0.308. The summed E-state index contributed by atoms with van der Waals surface area (Å²) in [6, 6.07) is 25.7. The van der Waals surface area contributed by atoms with E-state index in [-0.39, 0.29) is 6.10 Å². The normalized spacial score (nSPS) is 17.1. The van der Waals surface area contributed by atoms with Crippen molar-refractivity contribution >= 4 is 0 Å². The largest absolute Gasteiger partial charge is 0.496 e. The van der Waals surface area contributed by atoms with Crippen LogP contribution in [-0.4, -0.2) is 46.6 Å². The van der Waals surface area contributed by atoms with Crippen molar-refractivity contribution in [1.82, 2.24) is 5.32 Å². The Morgan fingerprint density at radius 1 is 0.844 bits per heavy atom. The van der Waals surface area contributed by atoms with Gasteiger partial charge in [-0.2, -0.15) is 0 Å². The van der Waals surface area contributed by atoms with Gasteiger partial charge in [0.1, 0.15) is 23.9 Å². The van der Waals surface area contributed by atoms with E-state index >= 15 is 0 Å². The molecule has 3 aromatic carbocycles. The molecule has 0 bridgehead atoms. The molecule has 0 amide bonds. The molecule has 1 aliphatic heterocycles. The van der Waals surface area contributed by atoms with E-state index in [9.17, 15) is 0 Å². The Morgan fingerprint density at radius 2 is 1.41 bits per heavy atom. The molecule has 0 aliphatic carbocycles. The maximum atomic E-state index is 6.49. The zero-order valence-corrected chi connectivity index (χ0v) is 18.5. The second-order valence-electron chi connectivity index (χ2n) is 7.50. The third-order valence-electron chi connectivity index (χ3n) is 5.36. The molecule has 1 N–H and O–H groups in total. The number of methoxy groups -OCH3 is 2. The summed E-state index contributed by atoms with van der Waals surface area (Å²) in [7, 11) is 3.24. The standard InChI is InChI=1S/C26H29NO5/c1-28-22-15-23(29-2)17-24(16-22)30-14-13-27-18-25-19-31-26(32-25,20-9-5-3-6-10-20)21-11-7-4-8-12-21/h3-12,15-17,25,27H,13-14,18-19H2,1-2H3.